The Labute approximate surface area is 158 Å². The van der Waals surface area contributed by atoms with Crippen molar-refractivity contribution in [2.75, 3.05) is 23.3 Å². The van der Waals surface area contributed by atoms with Crippen molar-refractivity contribution < 1.29 is 9.18 Å². The molecule has 3 aromatic rings. The Hall–Kier alpha value is -2.95. The predicted molar refractivity (Wildman–Crippen MR) is 107 cm³/mol. The van der Waals surface area contributed by atoms with Gasteiger partial charge in [-0.15, -0.1) is 0 Å². The number of amides is 1. The topological polar surface area (TPSA) is 45.2 Å². The molecular formula is C22H22FN3O. The summed E-state index contributed by atoms with van der Waals surface area (Å²) < 4.78 is 13.5. The number of anilines is 2. The van der Waals surface area contributed by atoms with Crippen LogP contribution in [0.2, 0.25) is 0 Å². The van der Waals surface area contributed by atoms with Gasteiger partial charge in [0.15, 0.2) is 0 Å². The summed E-state index contributed by atoms with van der Waals surface area (Å²) in [6.45, 7) is 5.98. The fraction of sp³-hybridized carbons (Fsp3) is 0.273. The molecule has 1 aliphatic heterocycles. The number of fused-ring (bicyclic) bond motifs is 1. The van der Waals surface area contributed by atoms with Gasteiger partial charge < -0.3 is 10.2 Å². The summed E-state index contributed by atoms with van der Waals surface area (Å²) in [5, 5.41) is 3.64. The Kier molecular flexibility index (Phi) is 4.52. The molecule has 1 N–H and O–H groups in total. The molecule has 1 amide bonds. The summed E-state index contributed by atoms with van der Waals surface area (Å²) in [5.41, 5.74) is 4.67. The number of nitrogens with zero attached hydrogens (tertiary/aromatic N) is 2. The van der Waals surface area contributed by atoms with Gasteiger partial charge in [0.25, 0.3) is 5.91 Å². The lowest BCUT2D eigenvalue weighted by Gasteiger charge is -2.19. The maximum atomic E-state index is 13.5. The van der Waals surface area contributed by atoms with Crippen LogP contribution in [0, 0.1) is 19.7 Å². The molecular weight excluding hydrogens is 341 g/mol. The maximum absolute atomic E-state index is 13.5. The third-order valence-corrected chi connectivity index (χ3v) is 5.07. The maximum Gasteiger partial charge on any atom is 0.256 e. The van der Waals surface area contributed by atoms with E-state index >= 15 is 0 Å². The number of carbonyl (C=O) groups is 1. The SMILES string of the molecule is Cc1cc(C(=O)Nc2ccc(N3CCCC3)cc2C)c2ccc(F)cc2n1. The van der Waals surface area contributed by atoms with Gasteiger partial charge in [0.1, 0.15) is 5.82 Å². The van der Waals surface area contributed by atoms with E-state index in [1.54, 1.807) is 19.1 Å². The van der Waals surface area contributed by atoms with Crippen LogP contribution in [0.1, 0.15) is 34.5 Å². The molecule has 1 aliphatic rings. The summed E-state index contributed by atoms with van der Waals surface area (Å²) in [7, 11) is 0. The first-order valence-corrected chi connectivity index (χ1v) is 9.25. The van der Waals surface area contributed by atoms with E-state index in [-0.39, 0.29) is 11.7 Å². The summed E-state index contributed by atoms with van der Waals surface area (Å²) in [5.74, 6) is -0.575. The Morgan fingerprint density at radius 1 is 1.07 bits per heavy atom. The molecule has 0 saturated carbocycles. The van der Waals surface area contributed by atoms with Gasteiger partial charge in [-0.05, 0) is 68.7 Å². The van der Waals surface area contributed by atoms with Gasteiger partial charge in [-0.3, -0.25) is 9.78 Å². The minimum atomic E-state index is -0.361. The monoisotopic (exact) mass is 363 g/mol. The van der Waals surface area contributed by atoms with Crippen LogP contribution in [0.25, 0.3) is 10.9 Å². The quantitative estimate of drug-likeness (QED) is 0.724. The van der Waals surface area contributed by atoms with Crippen molar-refractivity contribution in [1.29, 1.82) is 0 Å². The van der Waals surface area contributed by atoms with Crippen LogP contribution in [0.5, 0.6) is 0 Å². The zero-order valence-electron chi connectivity index (χ0n) is 15.6. The summed E-state index contributed by atoms with van der Waals surface area (Å²) >= 11 is 0. The first-order valence-electron chi connectivity index (χ1n) is 9.25. The lowest BCUT2D eigenvalue weighted by Crippen LogP contribution is -2.18. The molecule has 4 rings (SSSR count). The molecule has 0 atom stereocenters. The lowest BCUT2D eigenvalue weighted by atomic mass is 10.1. The van der Waals surface area contributed by atoms with Crippen LogP contribution in [0.4, 0.5) is 15.8 Å². The van der Waals surface area contributed by atoms with Gasteiger partial charge in [-0.1, -0.05) is 0 Å². The largest absolute Gasteiger partial charge is 0.372 e. The molecule has 1 saturated heterocycles. The minimum absolute atomic E-state index is 0.214. The van der Waals surface area contributed by atoms with Crippen molar-refractivity contribution >= 4 is 28.2 Å². The van der Waals surface area contributed by atoms with E-state index in [1.165, 1.54) is 30.7 Å². The van der Waals surface area contributed by atoms with Crippen LogP contribution in [0.15, 0.2) is 42.5 Å². The van der Waals surface area contributed by atoms with Gasteiger partial charge in [0.05, 0.1) is 11.1 Å². The second-order valence-electron chi connectivity index (χ2n) is 7.12. The van der Waals surface area contributed by atoms with E-state index in [1.807, 2.05) is 13.0 Å². The van der Waals surface area contributed by atoms with Gasteiger partial charge in [-0.2, -0.15) is 0 Å². The van der Waals surface area contributed by atoms with E-state index in [0.29, 0.717) is 22.2 Å². The van der Waals surface area contributed by atoms with Crippen LogP contribution in [-0.4, -0.2) is 24.0 Å². The molecule has 1 aromatic heterocycles. The van der Waals surface area contributed by atoms with E-state index in [9.17, 15) is 9.18 Å². The smallest absolute Gasteiger partial charge is 0.256 e. The van der Waals surface area contributed by atoms with Crippen LogP contribution in [-0.2, 0) is 0 Å². The number of pyridine rings is 1. The van der Waals surface area contributed by atoms with E-state index in [2.05, 4.69) is 27.3 Å². The first-order chi connectivity index (χ1) is 13.0. The second kappa shape index (κ2) is 6.99. The summed E-state index contributed by atoms with van der Waals surface area (Å²) in [6, 6.07) is 12.2. The molecule has 2 heterocycles. The van der Waals surface area contributed by atoms with Crippen molar-refractivity contribution in [2.24, 2.45) is 0 Å². The van der Waals surface area contributed by atoms with Crippen molar-refractivity contribution in [2.45, 2.75) is 26.7 Å². The zero-order valence-corrected chi connectivity index (χ0v) is 15.6. The minimum Gasteiger partial charge on any atom is -0.372 e. The number of carbonyl (C=O) groups excluding carboxylic acids is 1. The van der Waals surface area contributed by atoms with Gasteiger partial charge in [0.2, 0.25) is 0 Å². The van der Waals surface area contributed by atoms with Crippen molar-refractivity contribution in [3.8, 4) is 0 Å². The normalized spacial score (nSPS) is 14.0. The fourth-order valence-electron chi connectivity index (χ4n) is 3.67. The Morgan fingerprint density at radius 2 is 1.85 bits per heavy atom. The standard InChI is InChI=1S/C22H22FN3O/c1-14-11-17(26-9-3-4-10-26)6-8-20(14)25-22(27)19-12-15(2)24-21-13-16(23)5-7-18(19)21/h5-8,11-13H,3-4,9-10H2,1-2H3,(H,25,27). The molecule has 4 nitrogen and oxygen atoms in total. The predicted octanol–water partition coefficient (Wildman–Crippen LogP) is 4.84. The average Bonchev–Trinajstić information content (AvgIpc) is 3.17. The number of aryl methyl sites for hydroxylation is 2. The van der Waals surface area contributed by atoms with Crippen molar-refractivity contribution in [3.05, 3.63) is 65.1 Å². The zero-order chi connectivity index (χ0) is 19.0. The van der Waals surface area contributed by atoms with E-state index in [4.69, 9.17) is 0 Å². The molecule has 0 radical (unpaired) electrons. The first kappa shape index (κ1) is 17.5. The second-order valence-corrected chi connectivity index (χ2v) is 7.12. The number of aromatic nitrogens is 1. The van der Waals surface area contributed by atoms with E-state index in [0.717, 1.165) is 24.3 Å². The van der Waals surface area contributed by atoms with Crippen molar-refractivity contribution in [1.82, 2.24) is 4.98 Å². The highest BCUT2D eigenvalue weighted by atomic mass is 19.1. The number of nitrogens with one attached hydrogen (secondary N) is 1. The Balaban J connectivity index is 1.63. The molecule has 1 fully saturated rings. The Bertz CT molecular complexity index is 1020. The molecule has 0 bridgehead atoms. The molecule has 0 spiro atoms. The summed E-state index contributed by atoms with van der Waals surface area (Å²) in [6.07, 6.45) is 2.46. The van der Waals surface area contributed by atoms with Crippen LogP contribution < -0.4 is 10.2 Å². The fourth-order valence-corrected chi connectivity index (χ4v) is 3.67. The number of halogens is 1. The van der Waals surface area contributed by atoms with Crippen LogP contribution in [0.3, 0.4) is 0 Å². The Morgan fingerprint density at radius 3 is 2.59 bits per heavy atom. The third kappa shape index (κ3) is 3.50. The highest BCUT2D eigenvalue weighted by Crippen LogP contribution is 2.27. The highest BCUT2D eigenvalue weighted by molar-refractivity contribution is 6.12. The number of benzene rings is 2. The average molecular weight is 363 g/mol. The molecule has 27 heavy (non-hydrogen) atoms. The number of hydrogen-bond donors (Lipinski definition) is 1. The molecule has 138 valence electrons. The molecule has 0 aliphatic carbocycles. The van der Waals surface area contributed by atoms with Gasteiger partial charge in [0, 0.05) is 41.6 Å². The van der Waals surface area contributed by atoms with Crippen molar-refractivity contribution in [3.63, 3.8) is 0 Å². The highest BCUT2D eigenvalue weighted by Gasteiger charge is 2.16. The third-order valence-electron chi connectivity index (χ3n) is 5.07. The lowest BCUT2D eigenvalue weighted by molar-refractivity contribution is 0.102. The van der Waals surface area contributed by atoms with E-state index < -0.39 is 0 Å². The molecule has 0 unspecified atom stereocenters. The molecule has 5 heteroatoms. The summed E-state index contributed by atoms with van der Waals surface area (Å²) in [4.78, 5) is 19.6. The van der Waals surface area contributed by atoms with Crippen LogP contribution >= 0.6 is 0 Å². The molecule has 2 aromatic carbocycles. The van der Waals surface area contributed by atoms with Gasteiger partial charge >= 0.3 is 0 Å². The van der Waals surface area contributed by atoms with Gasteiger partial charge in [-0.25, -0.2) is 4.39 Å². The number of hydrogen-bond acceptors (Lipinski definition) is 3. The number of rotatable bonds is 3.